The molecule has 2 aromatic carbocycles. The smallest absolute Gasteiger partial charge is 0.377 e. The molecule has 148 valence electrons. The summed E-state index contributed by atoms with van der Waals surface area (Å²) < 4.78 is 5.81. The first-order chi connectivity index (χ1) is 14.6. The molecule has 1 atom stereocenters. The van der Waals surface area contributed by atoms with Crippen LogP contribution < -0.4 is 9.64 Å². The summed E-state index contributed by atoms with van der Waals surface area (Å²) in [4.78, 5) is 25.2. The summed E-state index contributed by atoms with van der Waals surface area (Å²) in [6.45, 7) is 0.381. The van der Waals surface area contributed by atoms with Crippen LogP contribution in [-0.4, -0.2) is 22.9 Å². The number of carbonyl (C=O) groups excluding carboxylic acids is 1. The van der Waals surface area contributed by atoms with Gasteiger partial charge in [-0.2, -0.15) is 5.26 Å². The monoisotopic (exact) mass is 398 g/mol. The summed E-state index contributed by atoms with van der Waals surface area (Å²) in [6, 6.07) is 16.6. The van der Waals surface area contributed by atoms with Crippen LogP contribution in [0.25, 0.3) is 0 Å². The second-order valence-electron chi connectivity index (χ2n) is 6.98. The molecule has 1 heterocycles. The molecule has 1 N–H and O–H groups in total. The number of Topliss-reactive ketones (excluding diaryl/α,β-unsaturated/α-hetero) is 1. The Labute approximate surface area is 173 Å². The van der Waals surface area contributed by atoms with E-state index in [0.717, 1.165) is 16.8 Å². The van der Waals surface area contributed by atoms with Crippen LogP contribution in [0.3, 0.4) is 0 Å². The van der Waals surface area contributed by atoms with Crippen LogP contribution in [0.15, 0.2) is 84.1 Å². The van der Waals surface area contributed by atoms with Crippen LogP contribution >= 0.6 is 0 Å². The zero-order valence-corrected chi connectivity index (χ0v) is 16.0. The Bertz CT molecular complexity index is 1120. The first kappa shape index (κ1) is 19.2. The van der Waals surface area contributed by atoms with E-state index in [1.165, 1.54) is 0 Å². The lowest BCUT2D eigenvalue weighted by Gasteiger charge is -2.27. The largest absolute Gasteiger partial charge is 0.489 e. The molecular weight excluding hydrogens is 380 g/mol. The Morgan fingerprint density at radius 1 is 1.13 bits per heavy atom. The van der Waals surface area contributed by atoms with Gasteiger partial charge in [-0.25, -0.2) is 4.79 Å². The van der Waals surface area contributed by atoms with Crippen LogP contribution in [0.5, 0.6) is 5.75 Å². The first-order valence-corrected chi connectivity index (χ1v) is 9.43. The van der Waals surface area contributed by atoms with Crippen molar-refractivity contribution in [3.05, 3.63) is 95.2 Å². The maximum Gasteiger partial charge on any atom is 0.377 e. The average molecular weight is 398 g/mol. The molecule has 30 heavy (non-hydrogen) atoms. The Morgan fingerprint density at radius 3 is 2.53 bits per heavy atom. The van der Waals surface area contributed by atoms with Crippen molar-refractivity contribution in [2.45, 2.75) is 19.1 Å². The van der Waals surface area contributed by atoms with Gasteiger partial charge in [0, 0.05) is 11.9 Å². The third-order valence-electron chi connectivity index (χ3n) is 5.11. The number of carboxylic acids is 1. The van der Waals surface area contributed by atoms with Crippen LogP contribution in [0, 0.1) is 11.3 Å². The van der Waals surface area contributed by atoms with Gasteiger partial charge in [-0.1, -0.05) is 30.4 Å². The quantitative estimate of drug-likeness (QED) is 0.746. The molecule has 0 radical (unpaired) electrons. The standard InChI is InChI=1S/C24H18N2O4/c25-13-16-5-7-17(8-6-16)15-30-19-11-9-18(10-12-19)26-14-21(23(27)24(28)29)20-3-1-2-4-22(20)26/h1-3,5-12,14,22H,4,15H2,(H,28,29). The summed E-state index contributed by atoms with van der Waals surface area (Å²) in [6.07, 6.45) is 7.95. The van der Waals surface area contributed by atoms with Gasteiger partial charge in [0.2, 0.25) is 0 Å². The number of hydrogen-bond donors (Lipinski definition) is 1. The lowest BCUT2D eigenvalue weighted by Crippen LogP contribution is -2.28. The summed E-state index contributed by atoms with van der Waals surface area (Å²) in [7, 11) is 0. The number of carboxylic acid groups (broad SMARTS) is 1. The summed E-state index contributed by atoms with van der Waals surface area (Å²) >= 11 is 0. The number of rotatable bonds is 6. The van der Waals surface area contributed by atoms with Gasteiger partial charge in [0.05, 0.1) is 23.2 Å². The van der Waals surface area contributed by atoms with E-state index in [1.807, 2.05) is 53.5 Å². The van der Waals surface area contributed by atoms with Gasteiger partial charge < -0.3 is 14.7 Å². The lowest BCUT2D eigenvalue weighted by atomic mass is 9.93. The SMILES string of the molecule is N#Cc1ccc(COc2ccc(N3C=C(C(=O)C(=O)O)C4=CC=CCC43)cc2)cc1. The number of allylic oxidation sites excluding steroid dienone is 2. The fourth-order valence-electron chi connectivity index (χ4n) is 3.57. The molecule has 0 saturated carbocycles. The van der Waals surface area contributed by atoms with Crippen LogP contribution in [-0.2, 0) is 16.2 Å². The van der Waals surface area contributed by atoms with Gasteiger partial charge in [-0.05, 0) is 54.0 Å². The summed E-state index contributed by atoms with van der Waals surface area (Å²) in [5.74, 6) is -1.66. The van der Waals surface area contributed by atoms with Crippen LogP contribution in [0.4, 0.5) is 5.69 Å². The number of aliphatic carboxylic acids is 1. The van der Waals surface area contributed by atoms with E-state index in [-0.39, 0.29) is 11.6 Å². The molecule has 0 bridgehead atoms. The second-order valence-corrected chi connectivity index (χ2v) is 6.98. The number of nitriles is 1. The topological polar surface area (TPSA) is 90.6 Å². The molecule has 1 aliphatic heterocycles. The van der Waals surface area contributed by atoms with Gasteiger partial charge >= 0.3 is 5.97 Å². The van der Waals surface area contributed by atoms with Crippen molar-refractivity contribution in [3.8, 4) is 11.8 Å². The molecule has 0 saturated heterocycles. The van der Waals surface area contributed by atoms with E-state index in [9.17, 15) is 9.59 Å². The molecule has 6 heteroatoms. The number of anilines is 1. The first-order valence-electron chi connectivity index (χ1n) is 9.43. The molecule has 1 aliphatic carbocycles. The fourth-order valence-corrected chi connectivity index (χ4v) is 3.57. The Morgan fingerprint density at radius 2 is 1.87 bits per heavy atom. The highest BCUT2D eigenvalue weighted by molar-refractivity contribution is 6.41. The summed E-state index contributed by atoms with van der Waals surface area (Å²) in [5, 5.41) is 18.0. The number of benzene rings is 2. The average Bonchev–Trinajstić information content (AvgIpc) is 3.17. The molecular formula is C24H18N2O4. The molecule has 0 aromatic heterocycles. The Kier molecular flexibility index (Phi) is 5.19. The van der Waals surface area contributed by atoms with Gasteiger partial charge in [-0.15, -0.1) is 0 Å². The highest BCUT2D eigenvalue weighted by Crippen LogP contribution is 2.37. The van der Waals surface area contributed by atoms with E-state index in [4.69, 9.17) is 15.1 Å². The van der Waals surface area contributed by atoms with Gasteiger partial charge in [0.25, 0.3) is 5.78 Å². The normalized spacial score (nSPS) is 16.9. The van der Waals surface area contributed by atoms with Crippen molar-refractivity contribution < 1.29 is 19.4 Å². The minimum atomic E-state index is -1.45. The van der Waals surface area contributed by atoms with E-state index in [0.29, 0.717) is 24.3 Å². The number of nitrogens with zero attached hydrogens (tertiary/aromatic N) is 2. The van der Waals surface area contributed by atoms with Crippen molar-refractivity contribution in [1.29, 1.82) is 5.26 Å². The van der Waals surface area contributed by atoms with E-state index < -0.39 is 11.8 Å². The van der Waals surface area contributed by atoms with Crippen molar-refractivity contribution in [2.24, 2.45) is 0 Å². The van der Waals surface area contributed by atoms with Crippen molar-refractivity contribution in [3.63, 3.8) is 0 Å². The van der Waals surface area contributed by atoms with Crippen molar-refractivity contribution in [1.82, 2.24) is 0 Å². The predicted molar refractivity (Wildman–Crippen MR) is 111 cm³/mol. The molecule has 2 aromatic rings. The summed E-state index contributed by atoms with van der Waals surface area (Å²) in [5.41, 5.74) is 3.36. The van der Waals surface area contributed by atoms with Gasteiger partial charge in [0.15, 0.2) is 0 Å². The van der Waals surface area contributed by atoms with E-state index >= 15 is 0 Å². The van der Waals surface area contributed by atoms with Crippen LogP contribution in [0.1, 0.15) is 17.5 Å². The number of fused-ring (bicyclic) bond motifs is 1. The van der Waals surface area contributed by atoms with E-state index in [1.54, 1.807) is 24.4 Å². The molecule has 0 fully saturated rings. The zero-order chi connectivity index (χ0) is 21.1. The lowest BCUT2D eigenvalue weighted by molar-refractivity contribution is -0.147. The number of hydrogen-bond acceptors (Lipinski definition) is 5. The molecule has 0 spiro atoms. The number of ketones is 1. The molecule has 6 nitrogen and oxygen atoms in total. The molecule has 0 amide bonds. The third kappa shape index (κ3) is 3.74. The molecule has 2 aliphatic rings. The molecule has 4 rings (SSSR count). The highest BCUT2D eigenvalue weighted by Gasteiger charge is 2.36. The maximum absolute atomic E-state index is 12.1. The number of ether oxygens (including phenoxy) is 1. The van der Waals surface area contributed by atoms with E-state index in [2.05, 4.69) is 6.07 Å². The van der Waals surface area contributed by atoms with Gasteiger partial charge in [0.1, 0.15) is 12.4 Å². The highest BCUT2D eigenvalue weighted by atomic mass is 16.5. The minimum absolute atomic E-state index is 0.0984. The van der Waals surface area contributed by atoms with Crippen LogP contribution in [0.2, 0.25) is 0 Å². The maximum atomic E-state index is 12.1. The zero-order valence-electron chi connectivity index (χ0n) is 16.0. The minimum Gasteiger partial charge on any atom is -0.489 e. The van der Waals surface area contributed by atoms with Crippen molar-refractivity contribution in [2.75, 3.05) is 4.90 Å². The second kappa shape index (κ2) is 8.10. The Balaban J connectivity index is 1.49. The van der Waals surface area contributed by atoms with Gasteiger partial charge in [-0.3, -0.25) is 4.79 Å². The number of carbonyl (C=O) groups is 2. The Hall–Kier alpha value is -4.11. The molecule has 1 unspecified atom stereocenters. The fraction of sp³-hybridized carbons (Fsp3) is 0.125. The third-order valence-corrected chi connectivity index (χ3v) is 5.11. The van der Waals surface area contributed by atoms with Crippen molar-refractivity contribution >= 4 is 17.4 Å². The predicted octanol–water partition coefficient (Wildman–Crippen LogP) is 3.75.